The number of thioether (sulfide) groups is 1. The summed E-state index contributed by atoms with van der Waals surface area (Å²) in [5.74, 6) is 1.28. The van der Waals surface area contributed by atoms with Crippen LogP contribution in [-0.4, -0.2) is 42.1 Å². The lowest BCUT2D eigenvalue weighted by atomic mass is 10.3. The van der Waals surface area contributed by atoms with Gasteiger partial charge in [0.1, 0.15) is 0 Å². The summed E-state index contributed by atoms with van der Waals surface area (Å²) >= 11 is 2.07. The van der Waals surface area contributed by atoms with Crippen molar-refractivity contribution in [1.29, 1.82) is 0 Å². The van der Waals surface area contributed by atoms with Gasteiger partial charge in [-0.25, -0.2) is 0 Å². The molecule has 0 aliphatic carbocycles. The maximum Gasteiger partial charge on any atom is 0.00724 e. The van der Waals surface area contributed by atoms with Crippen molar-refractivity contribution in [2.24, 2.45) is 5.73 Å². The zero-order valence-electron chi connectivity index (χ0n) is 8.67. The SMILES string of the molecule is CC(CCN)SCCN1CCCC1. The maximum atomic E-state index is 5.50. The van der Waals surface area contributed by atoms with Crippen LogP contribution in [-0.2, 0) is 0 Å². The Labute approximate surface area is 86.2 Å². The van der Waals surface area contributed by atoms with Crippen molar-refractivity contribution < 1.29 is 0 Å². The van der Waals surface area contributed by atoms with Crippen LogP contribution >= 0.6 is 11.8 Å². The summed E-state index contributed by atoms with van der Waals surface area (Å²) in [6.07, 6.45) is 3.97. The van der Waals surface area contributed by atoms with E-state index in [2.05, 4.69) is 23.6 Å². The third-order valence-corrected chi connectivity index (χ3v) is 3.80. The van der Waals surface area contributed by atoms with E-state index < -0.39 is 0 Å². The molecule has 1 saturated heterocycles. The van der Waals surface area contributed by atoms with Crippen LogP contribution in [0.4, 0.5) is 0 Å². The first-order valence-electron chi connectivity index (χ1n) is 5.37. The van der Waals surface area contributed by atoms with Crippen LogP contribution in [0.1, 0.15) is 26.2 Å². The summed E-state index contributed by atoms with van der Waals surface area (Å²) in [4.78, 5) is 2.57. The Balaban J connectivity index is 1.93. The van der Waals surface area contributed by atoms with Gasteiger partial charge in [-0.2, -0.15) is 11.8 Å². The van der Waals surface area contributed by atoms with Crippen LogP contribution in [0.5, 0.6) is 0 Å². The minimum atomic E-state index is 0.743. The monoisotopic (exact) mass is 202 g/mol. The van der Waals surface area contributed by atoms with Crippen LogP contribution < -0.4 is 5.73 Å². The average Bonchev–Trinajstić information content (AvgIpc) is 2.57. The highest BCUT2D eigenvalue weighted by atomic mass is 32.2. The van der Waals surface area contributed by atoms with E-state index in [-0.39, 0.29) is 0 Å². The topological polar surface area (TPSA) is 29.3 Å². The van der Waals surface area contributed by atoms with Crippen LogP contribution in [0.15, 0.2) is 0 Å². The lowest BCUT2D eigenvalue weighted by Gasteiger charge is -2.15. The van der Waals surface area contributed by atoms with Crippen LogP contribution in [0.2, 0.25) is 0 Å². The smallest absolute Gasteiger partial charge is 0.00724 e. The Kier molecular flexibility index (Phi) is 5.83. The highest BCUT2D eigenvalue weighted by molar-refractivity contribution is 7.99. The van der Waals surface area contributed by atoms with Crippen molar-refractivity contribution in [2.75, 3.05) is 31.9 Å². The van der Waals surface area contributed by atoms with E-state index >= 15 is 0 Å². The third-order valence-electron chi connectivity index (χ3n) is 2.58. The van der Waals surface area contributed by atoms with Crippen molar-refractivity contribution in [2.45, 2.75) is 31.4 Å². The van der Waals surface area contributed by atoms with Gasteiger partial charge < -0.3 is 10.6 Å². The summed E-state index contributed by atoms with van der Waals surface area (Å²) in [7, 11) is 0. The Hall–Kier alpha value is 0.270. The Morgan fingerprint density at radius 2 is 2.08 bits per heavy atom. The summed E-state index contributed by atoms with van der Waals surface area (Å²) in [5, 5.41) is 0.743. The molecule has 0 aromatic rings. The molecule has 1 fully saturated rings. The van der Waals surface area contributed by atoms with Crippen molar-refractivity contribution in [3.05, 3.63) is 0 Å². The fraction of sp³-hybridized carbons (Fsp3) is 1.00. The molecular weight excluding hydrogens is 180 g/mol. The van der Waals surface area contributed by atoms with Crippen molar-refractivity contribution in [3.8, 4) is 0 Å². The molecule has 1 heterocycles. The molecule has 78 valence electrons. The molecule has 2 nitrogen and oxygen atoms in total. The molecule has 3 heteroatoms. The van der Waals surface area contributed by atoms with E-state index in [1.54, 1.807) is 0 Å². The molecule has 0 aromatic carbocycles. The molecule has 0 amide bonds. The molecular formula is C10H22N2S. The Morgan fingerprint density at radius 3 is 2.69 bits per heavy atom. The van der Waals surface area contributed by atoms with Gasteiger partial charge in [0.25, 0.3) is 0 Å². The van der Waals surface area contributed by atoms with Crippen LogP contribution in [0.25, 0.3) is 0 Å². The number of nitrogens with zero attached hydrogens (tertiary/aromatic N) is 1. The first-order chi connectivity index (χ1) is 6.33. The zero-order valence-corrected chi connectivity index (χ0v) is 9.48. The molecule has 0 spiro atoms. The first-order valence-corrected chi connectivity index (χ1v) is 6.42. The van der Waals surface area contributed by atoms with E-state index in [1.807, 2.05) is 0 Å². The second-order valence-corrected chi connectivity index (χ2v) is 5.35. The molecule has 13 heavy (non-hydrogen) atoms. The van der Waals surface area contributed by atoms with Crippen molar-refractivity contribution in [1.82, 2.24) is 4.90 Å². The summed E-state index contributed by atoms with van der Waals surface area (Å²) in [6.45, 7) is 7.04. The number of nitrogens with two attached hydrogens (primary N) is 1. The fourth-order valence-electron chi connectivity index (χ4n) is 1.71. The summed E-state index contributed by atoms with van der Waals surface area (Å²) in [6, 6.07) is 0. The number of hydrogen-bond acceptors (Lipinski definition) is 3. The quantitative estimate of drug-likeness (QED) is 0.708. The third kappa shape index (κ3) is 4.89. The molecule has 0 aromatic heterocycles. The highest BCUT2D eigenvalue weighted by Gasteiger charge is 2.11. The molecule has 0 bridgehead atoms. The fourth-order valence-corrected chi connectivity index (χ4v) is 2.78. The van der Waals surface area contributed by atoms with Gasteiger partial charge in [0, 0.05) is 17.5 Å². The molecule has 0 saturated carbocycles. The normalized spacial score (nSPS) is 20.8. The first kappa shape index (κ1) is 11.3. The molecule has 1 aliphatic heterocycles. The molecule has 1 rings (SSSR count). The molecule has 2 N–H and O–H groups in total. The highest BCUT2D eigenvalue weighted by Crippen LogP contribution is 2.15. The van der Waals surface area contributed by atoms with E-state index in [1.165, 1.54) is 38.2 Å². The second-order valence-electron chi connectivity index (χ2n) is 3.81. The largest absolute Gasteiger partial charge is 0.330 e. The summed E-state index contributed by atoms with van der Waals surface area (Å²) in [5.41, 5.74) is 5.50. The van der Waals surface area contributed by atoms with E-state index in [0.717, 1.165) is 18.2 Å². The predicted octanol–water partition coefficient (Wildman–Crippen LogP) is 1.55. The average molecular weight is 202 g/mol. The standard InChI is InChI=1S/C10H22N2S/c1-10(4-5-11)13-9-8-12-6-2-3-7-12/h10H,2-9,11H2,1H3. The van der Waals surface area contributed by atoms with Gasteiger partial charge in [0.2, 0.25) is 0 Å². The zero-order chi connectivity index (χ0) is 9.52. The van der Waals surface area contributed by atoms with Gasteiger partial charge in [-0.15, -0.1) is 0 Å². The van der Waals surface area contributed by atoms with E-state index in [0.29, 0.717) is 0 Å². The van der Waals surface area contributed by atoms with Gasteiger partial charge in [-0.1, -0.05) is 6.92 Å². The molecule has 1 aliphatic rings. The van der Waals surface area contributed by atoms with Gasteiger partial charge in [0.15, 0.2) is 0 Å². The van der Waals surface area contributed by atoms with E-state index in [9.17, 15) is 0 Å². The minimum Gasteiger partial charge on any atom is -0.330 e. The summed E-state index contributed by atoms with van der Waals surface area (Å²) < 4.78 is 0. The van der Waals surface area contributed by atoms with Crippen LogP contribution in [0.3, 0.4) is 0 Å². The number of likely N-dealkylation sites (tertiary alicyclic amines) is 1. The van der Waals surface area contributed by atoms with Gasteiger partial charge in [0.05, 0.1) is 0 Å². The maximum absolute atomic E-state index is 5.50. The number of hydrogen-bond donors (Lipinski definition) is 1. The Morgan fingerprint density at radius 1 is 1.38 bits per heavy atom. The van der Waals surface area contributed by atoms with Crippen LogP contribution in [0, 0.1) is 0 Å². The Bertz CT molecular complexity index is 124. The predicted molar refractivity (Wildman–Crippen MR) is 61.3 cm³/mol. The number of rotatable bonds is 6. The van der Waals surface area contributed by atoms with Gasteiger partial charge in [-0.05, 0) is 38.9 Å². The lowest BCUT2D eigenvalue weighted by Crippen LogP contribution is -2.22. The van der Waals surface area contributed by atoms with Crippen molar-refractivity contribution in [3.63, 3.8) is 0 Å². The molecule has 1 atom stereocenters. The molecule has 1 unspecified atom stereocenters. The van der Waals surface area contributed by atoms with Gasteiger partial charge in [-0.3, -0.25) is 0 Å². The van der Waals surface area contributed by atoms with E-state index in [4.69, 9.17) is 5.73 Å². The van der Waals surface area contributed by atoms with Crippen molar-refractivity contribution >= 4 is 11.8 Å². The molecule has 0 radical (unpaired) electrons. The lowest BCUT2D eigenvalue weighted by molar-refractivity contribution is 0.362. The minimum absolute atomic E-state index is 0.743. The van der Waals surface area contributed by atoms with Gasteiger partial charge >= 0.3 is 0 Å². The second kappa shape index (κ2) is 6.68.